The molecule has 0 radical (unpaired) electrons. The summed E-state index contributed by atoms with van der Waals surface area (Å²) in [6, 6.07) is 4.52. The number of ether oxygens (including phenoxy) is 2. The van der Waals surface area contributed by atoms with Gasteiger partial charge < -0.3 is 14.8 Å². The molecule has 0 saturated carbocycles. The number of rotatable bonds is 5. The smallest absolute Gasteiger partial charge is 0.175 e. The molecule has 4 heteroatoms. The zero-order valence-electron chi connectivity index (χ0n) is 13.0. The molecule has 1 atom stereocenters. The van der Waals surface area contributed by atoms with Gasteiger partial charge in [-0.3, -0.25) is 0 Å². The Hall–Kier alpha value is -1.00. The Labute approximate surface area is 135 Å². The topological polar surface area (TPSA) is 30.5 Å². The van der Waals surface area contributed by atoms with Crippen molar-refractivity contribution >= 4 is 22.0 Å². The lowest BCUT2D eigenvalue weighted by Crippen LogP contribution is -2.27. The van der Waals surface area contributed by atoms with Crippen molar-refractivity contribution in [2.75, 3.05) is 19.8 Å². The van der Waals surface area contributed by atoms with Crippen LogP contribution in [-0.4, -0.2) is 25.8 Å². The van der Waals surface area contributed by atoms with Crippen LogP contribution < -0.4 is 14.8 Å². The van der Waals surface area contributed by atoms with Crippen molar-refractivity contribution in [2.45, 2.75) is 39.7 Å². The molecule has 0 saturated heterocycles. The first-order valence-electron chi connectivity index (χ1n) is 7.62. The molecule has 1 aliphatic heterocycles. The Morgan fingerprint density at radius 2 is 2.14 bits per heavy atom. The van der Waals surface area contributed by atoms with Crippen molar-refractivity contribution in [3.05, 3.63) is 27.7 Å². The molecular weight excluding hydrogens is 330 g/mol. The molecule has 1 aromatic rings. The summed E-state index contributed by atoms with van der Waals surface area (Å²) >= 11 is 3.59. The van der Waals surface area contributed by atoms with E-state index in [0.29, 0.717) is 19.3 Å². The highest BCUT2D eigenvalue weighted by atomic mass is 79.9. The third-order valence-corrected chi connectivity index (χ3v) is 4.19. The molecule has 0 amide bonds. The number of fused-ring (bicyclic) bond motifs is 1. The quantitative estimate of drug-likeness (QED) is 0.850. The van der Waals surface area contributed by atoms with Gasteiger partial charge in [-0.15, -0.1) is 0 Å². The van der Waals surface area contributed by atoms with Crippen LogP contribution in [0.5, 0.6) is 11.5 Å². The van der Waals surface area contributed by atoms with Crippen LogP contribution in [0.4, 0.5) is 0 Å². The average Bonchev–Trinajstić information content (AvgIpc) is 2.70. The summed E-state index contributed by atoms with van der Waals surface area (Å²) < 4.78 is 12.5. The maximum Gasteiger partial charge on any atom is 0.175 e. The van der Waals surface area contributed by atoms with Crippen LogP contribution in [0.2, 0.25) is 0 Å². The minimum absolute atomic E-state index is 0.375. The maximum atomic E-state index is 5.78. The number of nitrogens with one attached hydrogen (secondary N) is 1. The van der Waals surface area contributed by atoms with Crippen molar-refractivity contribution in [3.8, 4) is 11.5 Å². The maximum absolute atomic E-state index is 5.78. The molecule has 0 bridgehead atoms. The van der Waals surface area contributed by atoms with Crippen molar-refractivity contribution in [1.82, 2.24) is 5.32 Å². The zero-order valence-corrected chi connectivity index (χ0v) is 14.6. The van der Waals surface area contributed by atoms with Crippen LogP contribution in [-0.2, 0) is 0 Å². The van der Waals surface area contributed by atoms with Gasteiger partial charge in [0.25, 0.3) is 0 Å². The summed E-state index contributed by atoms with van der Waals surface area (Å²) in [4.78, 5) is 0. The van der Waals surface area contributed by atoms with Gasteiger partial charge >= 0.3 is 0 Å². The van der Waals surface area contributed by atoms with Crippen molar-refractivity contribution in [2.24, 2.45) is 0 Å². The third-order valence-electron chi connectivity index (χ3n) is 3.60. The predicted octanol–water partition coefficient (Wildman–Crippen LogP) is 4.40. The summed E-state index contributed by atoms with van der Waals surface area (Å²) in [6.07, 6.45) is 4.27. The highest BCUT2D eigenvalue weighted by Gasteiger charge is 2.15. The fourth-order valence-electron chi connectivity index (χ4n) is 2.24. The average molecular weight is 354 g/mol. The highest BCUT2D eigenvalue weighted by molar-refractivity contribution is 9.10. The lowest BCUT2D eigenvalue weighted by atomic mass is 10.1. The summed E-state index contributed by atoms with van der Waals surface area (Å²) in [5.74, 6) is 1.65. The van der Waals surface area contributed by atoms with E-state index in [2.05, 4.69) is 60.2 Å². The third kappa shape index (κ3) is 4.48. The molecule has 116 valence electrons. The van der Waals surface area contributed by atoms with Crippen LogP contribution in [0.1, 0.15) is 39.2 Å². The molecular formula is C17H24BrNO2. The minimum Gasteiger partial charge on any atom is -0.489 e. The Kier molecular flexibility index (Phi) is 6.12. The second kappa shape index (κ2) is 7.85. The van der Waals surface area contributed by atoms with Crippen LogP contribution in [0.15, 0.2) is 22.2 Å². The Balaban J connectivity index is 2.20. The number of hydrogen-bond donors (Lipinski definition) is 1. The van der Waals surface area contributed by atoms with E-state index in [1.165, 1.54) is 5.57 Å². The number of benzene rings is 1. The monoisotopic (exact) mass is 353 g/mol. The van der Waals surface area contributed by atoms with E-state index in [1.54, 1.807) is 0 Å². The highest BCUT2D eigenvalue weighted by Crippen LogP contribution is 2.38. The van der Waals surface area contributed by atoms with E-state index in [0.717, 1.165) is 40.9 Å². The van der Waals surface area contributed by atoms with Crippen molar-refractivity contribution < 1.29 is 9.47 Å². The molecule has 0 aliphatic carbocycles. The van der Waals surface area contributed by atoms with Gasteiger partial charge in [-0.05, 0) is 60.4 Å². The molecule has 1 heterocycles. The second-order valence-electron chi connectivity index (χ2n) is 5.44. The Morgan fingerprint density at radius 3 is 2.90 bits per heavy atom. The van der Waals surface area contributed by atoms with Crippen molar-refractivity contribution in [1.29, 1.82) is 0 Å². The van der Waals surface area contributed by atoms with Gasteiger partial charge in [0, 0.05) is 12.5 Å². The van der Waals surface area contributed by atoms with Gasteiger partial charge in [0.15, 0.2) is 11.5 Å². The SMILES string of the molecule is CCCNC(C)/C(C)=C/c1cc(Br)c2c(c1)OCCCO2. The van der Waals surface area contributed by atoms with Gasteiger partial charge in [-0.25, -0.2) is 0 Å². The summed E-state index contributed by atoms with van der Waals surface area (Å²) in [5.41, 5.74) is 2.44. The zero-order chi connectivity index (χ0) is 15.2. The van der Waals surface area contributed by atoms with Gasteiger partial charge in [-0.1, -0.05) is 18.6 Å². The standard InChI is InChI=1S/C17H24BrNO2/c1-4-6-19-13(3)12(2)9-14-10-15(18)17-16(11-14)20-7-5-8-21-17/h9-11,13,19H,4-8H2,1-3H3/b12-9+. The van der Waals surface area contributed by atoms with Gasteiger partial charge in [0.2, 0.25) is 0 Å². The Morgan fingerprint density at radius 1 is 1.38 bits per heavy atom. The van der Waals surface area contributed by atoms with E-state index in [1.807, 2.05) is 0 Å². The van der Waals surface area contributed by atoms with Crippen LogP contribution >= 0.6 is 15.9 Å². The fraction of sp³-hybridized carbons (Fsp3) is 0.529. The fourth-order valence-corrected chi connectivity index (χ4v) is 2.82. The lowest BCUT2D eigenvalue weighted by molar-refractivity contribution is 0.296. The van der Waals surface area contributed by atoms with Crippen LogP contribution in [0.3, 0.4) is 0 Å². The molecule has 21 heavy (non-hydrogen) atoms. The van der Waals surface area contributed by atoms with Crippen molar-refractivity contribution in [3.63, 3.8) is 0 Å². The first-order chi connectivity index (χ1) is 10.1. The minimum atomic E-state index is 0.375. The molecule has 3 nitrogen and oxygen atoms in total. The predicted molar refractivity (Wildman–Crippen MR) is 91.2 cm³/mol. The molecule has 2 rings (SSSR count). The number of hydrogen-bond acceptors (Lipinski definition) is 3. The number of halogens is 1. The summed E-state index contributed by atoms with van der Waals surface area (Å²) in [7, 11) is 0. The lowest BCUT2D eigenvalue weighted by Gasteiger charge is -2.15. The van der Waals surface area contributed by atoms with E-state index >= 15 is 0 Å². The molecule has 0 fully saturated rings. The molecule has 1 unspecified atom stereocenters. The van der Waals surface area contributed by atoms with Crippen LogP contribution in [0, 0.1) is 0 Å². The van der Waals surface area contributed by atoms with E-state index in [9.17, 15) is 0 Å². The molecule has 1 aliphatic rings. The molecule has 1 N–H and O–H groups in total. The van der Waals surface area contributed by atoms with E-state index in [4.69, 9.17) is 9.47 Å². The van der Waals surface area contributed by atoms with E-state index < -0.39 is 0 Å². The first kappa shape index (κ1) is 16.4. The summed E-state index contributed by atoms with van der Waals surface area (Å²) in [5, 5.41) is 3.50. The Bertz CT molecular complexity index is 514. The first-order valence-corrected chi connectivity index (χ1v) is 8.41. The molecule has 1 aromatic carbocycles. The van der Waals surface area contributed by atoms with Gasteiger partial charge in [-0.2, -0.15) is 0 Å². The van der Waals surface area contributed by atoms with Gasteiger partial charge in [0.05, 0.1) is 17.7 Å². The molecule has 0 spiro atoms. The normalized spacial score (nSPS) is 16.5. The molecule has 0 aromatic heterocycles. The van der Waals surface area contributed by atoms with Gasteiger partial charge in [0.1, 0.15) is 0 Å². The van der Waals surface area contributed by atoms with Crippen LogP contribution in [0.25, 0.3) is 6.08 Å². The summed E-state index contributed by atoms with van der Waals surface area (Å²) in [6.45, 7) is 8.98. The largest absolute Gasteiger partial charge is 0.489 e. The van der Waals surface area contributed by atoms with E-state index in [-0.39, 0.29) is 0 Å². The second-order valence-corrected chi connectivity index (χ2v) is 6.30.